The van der Waals surface area contributed by atoms with Crippen LogP contribution in [0.3, 0.4) is 0 Å². The van der Waals surface area contributed by atoms with E-state index in [4.69, 9.17) is 4.98 Å². The van der Waals surface area contributed by atoms with Crippen molar-refractivity contribution in [1.29, 1.82) is 0 Å². The first-order chi connectivity index (χ1) is 17.4. The minimum atomic E-state index is 0.0523. The molecule has 0 spiro atoms. The number of fused-ring (bicyclic) bond motifs is 1. The summed E-state index contributed by atoms with van der Waals surface area (Å²) in [5.74, 6) is 0.659. The fourth-order valence-corrected chi connectivity index (χ4v) is 5.03. The SMILES string of the molecule is CC(=O)N1CCN(c2cccn3nc(Nc4ccc(C(=O)N(C)C5CCN(C)CC5)cc4)nc23)CC1. The molecule has 2 amide bonds. The van der Waals surface area contributed by atoms with Crippen molar-refractivity contribution in [3.8, 4) is 0 Å². The summed E-state index contributed by atoms with van der Waals surface area (Å²) >= 11 is 0. The van der Waals surface area contributed by atoms with E-state index in [1.54, 1.807) is 11.4 Å². The van der Waals surface area contributed by atoms with Gasteiger partial charge in [-0.05, 0) is 69.4 Å². The molecule has 2 aliphatic rings. The second-order valence-corrected chi connectivity index (χ2v) is 9.74. The summed E-state index contributed by atoms with van der Waals surface area (Å²) in [4.78, 5) is 37.7. The largest absolute Gasteiger partial charge is 0.365 e. The van der Waals surface area contributed by atoms with Gasteiger partial charge in [-0.1, -0.05) is 0 Å². The number of carbonyl (C=O) groups excluding carboxylic acids is 2. The number of piperazine rings is 1. The van der Waals surface area contributed by atoms with Crippen molar-refractivity contribution in [1.82, 2.24) is 29.3 Å². The number of benzene rings is 1. The van der Waals surface area contributed by atoms with E-state index >= 15 is 0 Å². The van der Waals surface area contributed by atoms with Gasteiger partial charge in [-0.25, -0.2) is 4.52 Å². The topological polar surface area (TPSA) is 89.3 Å². The number of carbonyl (C=O) groups is 2. The Labute approximate surface area is 211 Å². The maximum absolute atomic E-state index is 13.0. The highest BCUT2D eigenvalue weighted by Gasteiger charge is 2.25. The van der Waals surface area contributed by atoms with E-state index in [1.807, 2.05) is 59.4 Å². The molecule has 2 aromatic heterocycles. The van der Waals surface area contributed by atoms with E-state index < -0.39 is 0 Å². The van der Waals surface area contributed by atoms with Crippen molar-refractivity contribution in [3.63, 3.8) is 0 Å². The number of hydrogen-bond acceptors (Lipinski definition) is 7. The molecule has 10 heteroatoms. The van der Waals surface area contributed by atoms with E-state index in [0.29, 0.717) is 24.6 Å². The summed E-state index contributed by atoms with van der Waals surface area (Å²) in [6, 6.07) is 11.8. The molecule has 0 bridgehead atoms. The van der Waals surface area contributed by atoms with Gasteiger partial charge in [0.25, 0.3) is 5.91 Å². The van der Waals surface area contributed by atoms with Crippen LogP contribution in [0.2, 0.25) is 0 Å². The quantitative estimate of drug-likeness (QED) is 0.587. The van der Waals surface area contributed by atoms with E-state index in [2.05, 4.69) is 27.3 Å². The monoisotopic (exact) mass is 490 g/mol. The molecule has 5 rings (SSSR count). The number of piperidine rings is 1. The van der Waals surface area contributed by atoms with Crippen molar-refractivity contribution >= 4 is 34.8 Å². The third kappa shape index (κ3) is 4.99. The smallest absolute Gasteiger partial charge is 0.253 e. The number of likely N-dealkylation sites (tertiary alicyclic amines) is 1. The second-order valence-electron chi connectivity index (χ2n) is 9.74. The Morgan fingerprint density at radius 3 is 2.36 bits per heavy atom. The molecule has 0 atom stereocenters. The molecule has 2 saturated heterocycles. The predicted octanol–water partition coefficient (Wildman–Crippen LogP) is 2.31. The van der Waals surface area contributed by atoms with Gasteiger partial charge in [0.05, 0.1) is 5.69 Å². The van der Waals surface area contributed by atoms with E-state index in [1.165, 1.54) is 0 Å². The average molecular weight is 491 g/mol. The van der Waals surface area contributed by atoms with Gasteiger partial charge in [-0.2, -0.15) is 4.98 Å². The third-order valence-corrected chi connectivity index (χ3v) is 7.35. The molecule has 0 aliphatic carbocycles. The Morgan fingerprint density at radius 1 is 1.00 bits per heavy atom. The Morgan fingerprint density at radius 2 is 1.69 bits per heavy atom. The maximum Gasteiger partial charge on any atom is 0.253 e. The lowest BCUT2D eigenvalue weighted by molar-refractivity contribution is -0.129. The molecular weight excluding hydrogens is 456 g/mol. The lowest BCUT2D eigenvalue weighted by atomic mass is 10.0. The molecule has 4 heterocycles. The minimum absolute atomic E-state index is 0.0523. The molecule has 0 saturated carbocycles. The molecule has 36 heavy (non-hydrogen) atoms. The number of hydrogen-bond donors (Lipinski definition) is 1. The van der Waals surface area contributed by atoms with Gasteiger partial charge in [0.2, 0.25) is 11.9 Å². The standard InChI is InChI=1S/C26H34N8O2/c1-19(35)32-15-17-33(18-16-32)23-5-4-12-34-24(23)28-26(29-34)27-21-8-6-20(7-9-21)25(36)31(3)22-10-13-30(2)14-11-22/h4-9,12,22H,10-11,13-18H2,1-3H3,(H,27,29). The van der Waals surface area contributed by atoms with Crippen LogP contribution in [0.5, 0.6) is 0 Å². The Hall–Kier alpha value is -3.66. The molecule has 0 radical (unpaired) electrons. The van der Waals surface area contributed by atoms with Gasteiger partial charge in [0, 0.05) is 63.6 Å². The first-order valence-electron chi connectivity index (χ1n) is 12.6. The molecular formula is C26H34N8O2. The van der Waals surface area contributed by atoms with Crippen LogP contribution in [0.25, 0.3) is 5.65 Å². The number of anilines is 3. The number of aromatic nitrogens is 3. The second kappa shape index (κ2) is 10.1. The molecule has 2 fully saturated rings. The normalized spacial score (nSPS) is 17.4. The summed E-state index contributed by atoms with van der Waals surface area (Å²) in [7, 11) is 4.03. The van der Waals surface area contributed by atoms with Crippen molar-refractivity contribution < 1.29 is 9.59 Å². The Balaban J connectivity index is 1.26. The molecule has 3 aromatic rings. The lowest BCUT2D eigenvalue weighted by Gasteiger charge is -2.35. The van der Waals surface area contributed by atoms with Crippen LogP contribution in [0.4, 0.5) is 17.3 Å². The Bertz CT molecular complexity index is 1220. The average Bonchev–Trinajstić information content (AvgIpc) is 3.31. The number of nitrogens with zero attached hydrogens (tertiary/aromatic N) is 7. The number of amides is 2. The summed E-state index contributed by atoms with van der Waals surface area (Å²) in [6.07, 6.45) is 3.89. The van der Waals surface area contributed by atoms with Crippen molar-refractivity contribution in [2.75, 3.05) is 63.6 Å². The highest BCUT2D eigenvalue weighted by atomic mass is 16.2. The first-order valence-corrected chi connectivity index (χ1v) is 12.6. The molecule has 1 N–H and O–H groups in total. The lowest BCUT2D eigenvalue weighted by Crippen LogP contribution is -2.48. The summed E-state index contributed by atoms with van der Waals surface area (Å²) < 4.78 is 1.77. The highest BCUT2D eigenvalue weighted by molar-refractivity contribution is 5.94. The van der Waals surface area contributed by atoms with Crippen LogP contribution in [0.15, 0.2) is 42.6 Å². The molecule has 2 aliphatic heterocycles. The van der Waals surface area contributed by atoms with Gasteiger partial charge in [-0.15, -0.1) is 5.10 Å². The van der Waals surface area contributed by atoms with Crippen LogP contribution in [-0.2, 0) is 4.79 Å². The van der Waals surface area contributed by atoms with Crippen LogP contribution >= 0.6 is 0 Å². The first kappa shape index (κ1) is 24.1. The molecule has 190 valence electrons. The van der Waals surface area contributed by atoms with Crippen LogP contribution < -0.4 is 10.2 Å². The van der Waals surface area contributed by atoms with Crippen molar-refractivity contribution in [2.24, 2.45) is 0 Å². The number of rotatable bonds is 5. The number of pyridine rings is 1. The molecule has 1 aromatic carbocycles. The van der Waals surface area contributed by atoms with Crippen LogP contribution in [-0.4, -0.2) is 101 Å². The fraction of sp³-hybridized carbons (Fsp3) is 0.462. The van der Waals surface area contributed by atoms with Gasteiger partial charge >= 0.3 is 0 Å². The van der Waals surface area contributed by atoms with E-state index in [-0.39, 0.29) is 17.9 Å². The highest BCUT2D eigenvalue weighted by Crippen LogP contribution is 2.24. The van der Waals surface area contributed by atoms with Gasteiger partial charge in [0.1, 0.15) is 0 Å². The summed E-state index contributed by atoms with van der Waals surface area (Å²) in [5.41, 5.74) is 3.26. The zero-order valence-electron chi connectivity index (χ0n) is 21.2. The third-order valence-electron chi connectivity index (χ3n) is 7.35. The van der Waals surface area contributed by atoms with E-state index in [9.17, 15) is 9.59 Å². The molecule has 0 unspecified atom stereocenters. The molecule has 10 nitrogen and oxygen atoms in total. The Kier molecular flexibility index (Phi) is 6.77. The van der Waals surface area contributed by atoms with Gasteiger partial charge < -0.3 is 24.9 Å². The maximum atomic E-state index is 13.0. The zero-order chi connectivity index (χ0) is 25.2. The summed E-state index contributed by atoms with van der Waals surface area (Å²) in [6.45, 7) is 6.58. The fourth-order valence-electron chi connectivity index (χ4n) is 5.03. The van der Waals surface area contributed by atoms with Crippen LogP contribution in [0.1, 0.15) is 30.1 Å². The number of nitrogens with one attached hydrogen (secondary N) is 1. The van der Waals surface area contributed by atoms with E-state index in [0.717, 1.165) is 56.0 Å². The van der Waals surface area contributed by atoms with Crippen LogP contribution in [0, 0.1) is 0 Å². The minimum Gasteiger partial charge on any atom is -0.365 e. The summed E-state index contributed by atoms with van der Waals surface area (Å²) in [5, 5.41) is 7.85. The predicted molar refractivity (Wildman–Crippen MR) is 140 cm³/mol. The zero-order valence-corrected chi connectivity index (χ0v) is 21.2. The van der Waals surface area contributed by atoms with Gasteiger partial charge in [0.15, 0.2) is 5.65 Å². The van der Waals surface area contributed by atoms with Crippen molar-refractivity contribution in [2.45, 2.75) is 25.8 Å². The van der Waals surface area contributed by atoms with Gasteiger partial charge in [-0.3, -0.25) is 9.59 Å². The van der Waals surface area contributed by atoms with Crippen molar-refractivity contribution in [3.05, 3.63) is 48.2 Å².